The van der Waals surface area contributed by atoms with Gasteiger partial charge in [-0.25, -0.2) is 10.0 Å². The fraction of sp³-hybridized carbons (Fsp3) is 0.333. The van der Waals surface area contributed by atoms with Gasteiger partial charge in [0.2, 0.25) is 5.17 Å². The summed E-state index contributed by atoms with van der Waals surface area (Å²) in [6.07, 6.45) is 1.52. The largest absolute Gasteiger partial charge is 0.301 e. The molecule has 2 unspecified atom stereocenters. The van der Waals surface area contributed by atoms with E-state index < -0.39 is 27.2 Å². The van der Waals surface area contributed by atoms with Gasteiger partial charge in [-0.3, -0.25) is 25.7 Å². The van der Waals surface area contributed by atoms with Crippen molar-refractivity contribution in [2.45, 2.75) is 43.6 Å². The first kappa shape index (κ1) is 23.3. The zero-order valence-electron chi connectivity index (χ0n) is 18.7. The summed E-state index contributed by atoms with van der Waals surface area (Å²) in [6.45, 7) is 4.09. The standard InChI is InChI=1S/C21H21ClN8O4S/c1-3-21(4-2)25-23-20-28(26-21)19-18(35-20)17(12-5-7-13(22)8-6-12)27(24-19)15-10-9-14(29(31)32)11-16(15)30(33)34/h5-11,17-18,25-26H,3-4H2,1-2H3. The van der Waals surface area contributed by atoms with Crippen LogP contribution in [-0.2, 0) is 0 Å². The average molecular weight is 517 g/mol. The SMILES string of the molecule is CCC1(CC)NN=C2SC3C(=NN(c4ccc([N+](=O)[O-])cc4[N+](=O)[O-])C3c3ccc(Cl)cc3)N2N1. The number of rotatable bonds is 6. The molecule has 182 valence electrons. The number of anilines is 1. The van der Waals surface area contributed by atoms with Gasteiger partial charge in [-0.2, -0.15) is 15.6 Å². The quantitative estimate of drug-likeness (QED) is 0.423. The van der Waals surface area contributed by atoms with Crippen LogP contribution in [0.5, 0.6) is 0 Å². The number of nitro groups is 2. The highest BCUT2D eigenvalue weighted by atomic mass is 35.5. The van der Waals surface area contributed by atoms with Crippen LogP contribution in [0.25, 0.3) is 0 Å². The summed E-state index contributed by atoms with van der Waals surface area (Å²) < 4.78 is 0. The van der Waals surface area contributed by atoms with Crippen molar-refractivity contribution in [2.75, 3.05) is 5.01 Å². The van der Waals surface area contributed by atoms with Crippen LogP contribution in [0.2, 0.25) is 5.02 Å². The number of benzene rings is 2. The van der Waals surface area contributed by atoms with Gasteiger partial charge in [-0.15, -0.1) is 0 Å². The molecular formula is C21H21ClN8O4S. The maximum absolute atomic E-state index is 11.9. The van der Waals surface area contributed by atoms with Gasteiger partial charge in [0.25, 0.3) is 5.69 Å². The number of amidine groups is 2. The van der Waals surface area contributed by atoms with Gasteiger partial charge in [0.15, 0.2) is 5.84 Å². The van der Waals surface area contributed by atoms with E-state index in [1.807, 2.05) is 31.0 Å². The molecule has 0 amide bonds. The molecule has 3 heterocycles. The number of hydrogen-bond acceptors (Lipinski definition) is 11. The number of halogens is 1. The molecule has 0 bridgehead atoms. The van der Waals surface area contributed by atoms with Crippen molar-refractivity contribution in [3.8, 4) is 0 Å². The molecule has 0 radical (unpaired) electrons. The lowest BCUT2D eigenvalue weighted by molar-refractivity contribution is -0.393. The molecule has 5 rings (SSSR count). The number of hydrazine groups is 1. The zero-order valence-corrected chi connectivity index (χ0v) is 20.3. The number of nitrogens with zero attached hydrogens (tertiary/aromatic N) is 6. The molecule has 14 heteroatoms. The first-order valence-electron chi connectivity index (χ1n) is 10.9. The molecule has 0 spiro atoms. The van der Waals surface area contributed by atoms with Crippen LogP contribution >= 0.6 is 23.4 Å². The third-order valence-electron chi connectivity index (χ3n) is 6.39. The normalized spacial score (nSPS) is 22.1. The van der Waals surface area contributed by atoms with E-state index in [1.54, 1.807) is 17.1 Å². The minimum atomic E-state index is -0.656. The van der Waals surface area contributed by atoms with Crippen molar-refractivity contribution < 1.29 is 9.85 Å². The smallest absolute Gasteiger partial charge is 0.286 e. The van der Waals surface area contributed by atoms with E-state index in [2.05, 4.69) is 16.0 Å². The molecule has 1 fully saturated rings. The Labute approximate surface area is 209 Å². The van der Waals surface area contributed by atoms with Gasteiger partial charge >= 0.3 is 5.69 Å². The van der Waals surface area contributed by atoms with Crippen LogP contribution in [0, 0.1) is 20.2 Å². The molecule has 2 atom stereocenters. The highest BCUT2D eigenvalue weighted by Crippen LogP contribution is 2.49. The minimum Gasteiger partial charge on any atom is -0.286 e. The average Bonchev–Trinajstić information content (AvgIpc) is 3.39. The summed E-state index contributed by atoms with van der Waals surface area (Å²) in [7, 11) is 0. The summed E-state index contributed by atoms with van der Waals surface area (Å²) in [5, 5.41) is 37.0. The number of non-ortho nitro benzene ring substituents is 1. The molecule has 12 nitrogen and oxygen atoms in total. The predicted molar refractivity (Wildman–Crippen MR) is 134 cm³/mol. The lowest BCUT2D eigenvalue weighted by Gasteiger charge is -2.40. The second-order valence-electron chi connectivity index (χ2n) is 8.27. The van der Waals surface area contributed by atoms with Crippen LogP contribution < -0.4 is 15.9 Å². The van der Waals surface area contributed by atoms with Gasteiger partial charge in [0.1, 0.15) is 16.6 Å². The Hall–Kier alpha value is -3.42. The summed E-state index contributed by atoms with van der Waals surface area (Å²) in [6, 6.07) is 10.3. The molecule has 2 N–H and O–H groups in total. The van der Waals surface area contributed by atoms with Gasteiger partial charge in [-0.05, 0) is 36.6 Å². The third-order valence-corrected chi connectivity index (χ3v) is 7.85. The highest BCUT2D eigenvalue weighted by molar-refractivity contribution is 8.15. The number of thioether (sulfide) groups is 1. The van der Waals surface area contributed by atoms with Crippen LogP contribution in [0.3, 0.4) is 0 Å². The van der Waals surface area contributed by atoms with E-state index in [-0.39, 0.29) is 16.6 Å². The van der Waals surface area contributed by atoms with Crippen LogP contribution in [0.1, 0.15) is 38.3 Å². The predicted octanol–water partition coefficient (Wildman–Crippen LogP) is 4.34. The molecule has 2 aromatic carbocycles. The Bertz CT molecular complexity index is 1270. The lowest BCUT2D eigenvalue weighted by Crippen LogP contribution is -2.65. The molecule has 3 aliphatic heterocycles. The zero-order chi connectivity index (χ0) is 24.9. The second kappa shape index (κ2) is 8.66. The topological polar surface area (TPSA) is 142 Å². The molecule has 0 aliphatic carbocycles. The molecule has 2 aromatic rings. The van der Waals surface area contributed by atoms with Gasteiger partial charge in [-0.1, -0.05) is 49.3 Å². The molecule has 35 heavy (non-hydrogen) atoms. The summed E-state index contributed by atoms with van der Waals surface area (Å²) >= 11 is 7.60. The van der Waals surface area contributed by atoms with Crippen molar-refractivity contribution >= 4 is 51.4 Å². The van der Waals surface area contributed by atoms with Gasteiger partial charge in [0, 0.05) is 11.1 Å². The Balaban J connectivity index is 1.64. The summed E-state index contributed by atoms with van der Waals surface area (Å²) in [4.78, 5) is 21.9. The highest BCUT2D eigenvalue weighted by Gasteiger charge is 2.53. The molecule has 0 saturated carbocycles. The van der Waals surface area contributed by atoms with Crippen molar-refractivity contribution in [2.24, 2.45) is 10.2 Å². The Kier molecular flexibility index (Phi) is 5.77. The second-order valence-corrected chi connectivity index (χ2v) is 9.81. The third kappa shape index (κ3) is 3.85. The lowest BCUT2D eigenvalue weighted by atomic mass is 10.0. The first-order chi connectivity index (χ1) is 16.8. The van der Waals surface area contributed by atoms with Gasteiger partial charge < -0.3 is 0 Å². The minimum absolute atomic E-state index is 0.161. The van der Waals surface area contributed by atoms with E-state index in [0.29, 0.717) is 16.0 Å². The summed E-state index contributed by atoms with van der Waals surface area (Å²) in [5.41, 5.74) is 6.48. The van der Waals surface area contributed by atoms with Crippen LogP contribution in [0.15, 0.2) is 52.7 Å². The molecular weight excluding hydrogens is 496 g/mol. The maximum atomic E-state index is 11.9. The number of fused-ring (bicyclic) bond motifs is 3. The van der Waals surface area contributed by atoms with Gasteiger partial charge in [0.05, 0.1) is 22.0 Å². The molecule has 1 saturated heterocycles. The maximum Gasteiger partial charge on any atom is 0.301 e. The number of nitro benzene ring substituents is 2. The van der Waals surface area contributed by atoms with Crippen molar-refractivity contribution in [3.05, 3.63) is 73.3 Å². The van der Waals surface area contributed by atoms with E-state index in [4.69, 9.17) is 16.7 Å². The first-order valence-corrected chi connectivity index (χ1v) is 12.2. The van der Waals surface area contributed by atoms with E-state index >= 15 is 0 Å². The van der Waals surface area contributed by atoms with Crippen molar-refractivity contribution in [1.82, 2.24) is 15.9 Å². The molecule has 0 aromatic heterocycles. The monoisotopic (exact) mass is 516 g/mol. The summed E-state index contributed by atoms with van der Waals surface area (Å²) in [5.74, 6) is 0.647. The van der Waals surface area contributed by atoms with Crippen LogP contribution in [0.4, 0.5) is 17.1 Å². The van der Waals surface area contributed by atoms with E-state index in [1.165, 1.54) is 23.9 Å². The van der Waals surface area contributed by atoms with Crippen molar-refractivity contribution in [1.29, 1.82) is 0 Å². The fourth-order valence-electron chi connectivity index (χ4n) is 4.34. The van der Waals surface area contributed by atoms with E-state index in [0.717, 1.165) is 24.5 Å². The van der Waals surface area contributed by atoms with Crippen LogP contribution in [-0.4, -0.2) is 36.8 Å². The fourth-order valence-corrected chi connectivity index (χ4v) is 5.69. The molecule has 3 aliphatic rings. The number of hydrogen-bond donors (Lipinski definition) is 2. The number of hydrazone groups is 2. The Morgan fingerprint density at radius 3 is 2.46 bits per heavy atom. The Morgan fingerprint density at radius 2 is 1.83 bits per heavy atom. The van der Waals surface area contributed by atoms with E-state index in [9.17, 15) is 20.2 Å². The Morgan fingerprint density at radius 1 is 1.11 bits per heavy atom. The number of nitrogens with one attached hydrogen (secondary N) is 2. The van der Waals surface area contributed by atoms with Crippen molar-refractivity contribution in [3.63, 3.8) is 0 Å².